The second kappa shape index (κ2) is 10.4. The lowest BCUT2D eigenvalue weighted by atomic mass is 10.1. The normalized spacial score (nSPS) is 10.4. The van der Waals surface area contributed by atoms with Gasteiger partial charge in [0.1, 0.15) is 13.2 Å². The van der Waals surface area contributed by atoms with E-state index in [-0.39, 0.29) is 24.5 Å². The van der Waals surface area contributed by atoms with Crippen molar-refractivity contribution in [2.75, 3.05) is 31.0 Å². The number of carbonyl (C=O) groups excluding carboxylic acids is 3. The number of carbonyl (C=O) groups is 3. The van der Waals surface area contributed by atoms with Gasteiger partial charge in [0.05, 0.1) is 24.6 Å². The maximum atomic E-state index is 12.1. The third kappa shape index (κ3) is 6.14. The molecule has 31 heavy (non-hydrogen) atoms. The highest BCUT2D eigenvalue weighted by Crippen LogP contribution is 2.22. The number of H-pyrrole nitrogens is 1. The number of rotatable bonds is 8. The number of anilines is 2. The van der Waals surface area contributed by atoms with Gasteiger partial charge in [-0.1, -0.05) is 23.7 Å². The molecule has 0 aliphatic heterocycles. The van der Waals surface area contributed by atoms with Gasteiger partial charge in [-0.15, -0.1) is 0 Å². The monoisotopic (exact) mass is 442 g/mol. The second-order valence-corrected chi connectivity index (χ2v) is 6.77. The van der Waals surface area contributed by atoms with E-state index in [9.17, 15) is 14.4 Å². The lowest BCUT2D eigenvalue weighted by molar-refractivity contribution is -0.125. The van der Waals surface area contributed by atoms with Gasteiger partial charge in [-0.2, -0.15) is 5.10 Å². The van der Waals surface area contributed by atoms with Crippen LogP contribution in [0, 0.1) is 0 Å². The molecule has 10 heteroatoms. The number of halogens is 1. The van der Waals surface area contributed by atoms with E-state index in [1.807, 2.05) is 6.07 Å². The van der Waals surface area contributed by atoms with E-state index in [4.69, 9.17) is 16.3 Å². The van der Waals surface area contributed by atoms with Crippen LogP contribution in [0.3, 0.4) is 0 Å². The van der Waals surface area contributed by atoms with Crippen molar-refractivity contribution in [3.63, 3.8) is 0 Å². The number of hydrogen-bond acceptors (Lipinski definition) is 6. The molecule has 0 saturated heterocycles. The van der Waals surface area contributed by atoms with Crippen LogP contribution >= 0.6 is 11.6 Å². The van der Waals surface area contributed by atoms with Crippen LogP contribution in [0.15, 0.2) is 54.9 Å². The van der Waals surface area contributed by atoms with Crippen LogP contribution in [0.4, 0.5) is 11.4 Å². The van der Waals surface area contributed by atoms with Gasteiger partial charge >= 0.3 is 5.97 Å². The second-order valence-electron chi connectivity index (χ2n) is 6.34. The molecule has 3 rings (SSSR count). The lowest BCUT2D eigenvalue weighted by Crippen LogP contribution is -2.24. The fourth-order valence-electron chi connectivity index (χ4n) is 2.71. The molecule has 1 heterocycles. The summed E-state index contributed by atoms with van der Waals surface area (Å²) in [5.41, 5.74) is 2.69. The largest absolute Gasteiger partial charge is 0.465 e. The van der Waals surface area contributed by atoms with Crippen molar-refractivity contribution in [3.05, 3.63) is 65.4 Å². The number of aromatic amines is 1. The lowest BCUT2D eigenvalue weighted by Gasteiger charge is -2.11. The van der Waals surface area contributed by atoms with Crippen LogP contribution in [-0.4, -0.2) is 48.3 Å². The average Bonchev–Trinajstić information content (AvgIpc) is 3.29. The van der Waals surface area contributed by atoms with Crippen molar-refractivity contribution in [1.29, 1.82) is 0 Å². The Morgan fingerprint density at radius 3 is 2.52 bits per heavy atom. The molecule has 0 spiro atoms. The molecule has 2 aromatic carbocycles. The summed E-state index contributed by atoms with van der Waals surface area (Å²) in [6, 6.07) is 11.6. The zero-order valence-corrected chi connectivity index (χ0v) is 17.2. The van der Waals surface area contributed by atoms with Gasteiger partial charge < -0.3 is 20.1 Å². The number of aromatic nitrogens is 2. The standard InChI is InChI=1S/C21H19ClN4O5/c1-30-21(29)17-8-15(22)5-6-18(17)26-20(28)12-31-11-19(27)25-16-4-2-3-13(7-16)14-9-23-24-10-14/h2-10H,11-12H2,1H3,(H,23,24)(H,25,27)(H,26,28). The van der Waals surface area contributed by atoms with Crippen molar-refractivity contribution >= 4 is 40.8 Å². The number of methoxy groups -OCH3 is 1. The van der Waals surface area contributed by atoms with E-state index < -0.39 is 17.8 Å². The summed E-state index contributed by atoms with van der Waals surface area (Å²) in [5.74, 6) is -1.60. The summed E-state index contributed by atoms with van der Waals surface area (Å²) in [7, 11) is 1.22. The van der Waals surface area contributed by atoms with E-state index in [2.05, 4.69) is 25.6 Å². The summed E-state index contributed by atoms with van der Waals surface area (Å²) < 4.78 is 9.85. The first-order valence-corrected chi connectivity index (χ1v) is 9.48. The predicted molar refractivity (Wildman–Crippen MR) is 115 cm³/mol. The molecular formula is C21H19ClN4O5. The van der Waals surface area contributed by atoms with Crippen LogP contribution in [-0.2, 0) is 19.1 Å². The van der Waals surface area contributed by atoms with E-state index in [0.29, 0.717) is 10.7 Å². The summed E-state index contributed by atoms with van der Waals surface area (Å²) in [6.45, 7) is -0.709. The molecule has 0 aliphatic carbocycles. The first kappa shape index (κ1) is 22.0. The van der Waals surface area contributed by atoms with E-state index in [1.54, 1.807) is 30.6 Å². The van der Waals surface area contributed by atoms with Gasteiger partial charge in [0.15, 0.2) is 0 Å². The van der Waals surface area contributed by atoms with Gasteiger partial charge in [-0.3, -0.25) is 14.7 Å². The summed E-state index contributed by atoms with van der Waals surface area (Å²) >= 11 is 5.88. The average molecular weight is 443 g/mol. The number of nitrogens with zero attached hydrogens (tertiary/aromatic N) is 1. The number of nitrogens with one attached hydrogen (secondary N) is 3. The first-order valence-electron chi connectivity index (χ1n) is 9.11. The summed E-state index contributed by atoms with van der Waals surface area (Å²) in [4.78, 5) is 36.0. The maximum absolute atomic E-state index is 12.1. The Hall–Kier alpha value is -3.69. The van der Waals surface area contributed by atoms with E-state index in [1.165, 1.54) is 25.3 Å². The molecule has 0 radical (unpaired) electrons. The van der Waals surface area contributed by atoms with E-state index in [0.717, 1.165) is 11.1 Å². The third-order valence-corrected chi connectivity index (χ3v) is 4.34. The fraction of sp³-hybridized carbons (Fsp3) is 0.143. The quantitative estimate of drug-likeness (QED) is 0.461. The predicted octanol–water partition coefficient (Wildman–Crippen LogP) is 3.11. The molecule has 0 unspecified atom stereocenters. The summed E-state index contributed by atoms with van der Waals surface area (Å²) in [6.07, 6.45) is 3.42. The number of benzene rings is 2. The van der Waals surface area contributed by atoms with Gasteiger partial charge in [-0.05, 0) is 35.9 Å². The Morgan fingerprint density at radius 1 is 1.03 bits per heavy atom. The Balaban J connectivity index is 1.49. The number of hydrogen-bond donors (Lipinski definition) is 3. The fourth-order valence-corrected chi connectivity index (χ4v) is 2.88. The molecule has 0 bridgehead atoms. The van der Waals surface area contributed by atoms with Crippen molar-refractivity contribution < 1.29 is 23.9 Å². The van der Waals surface area contributed by atoms with Crippen molar-refractivity contribution in [3.8, 4) is 11.1 Å². The molecule has 2 amide bonds. The smallest absolute Gasteiger partial charge is 0.340 e. The molecule has 0 aliphatic rings. The zero-order valence-electron chi connectivity index (χ0n) is 16.5. The molecule has 0 atom stereocenters. The Morgan fingerprint density at radius 2 is 1.81 bits per heavy atom. The molecule has 0 saturated carbocycles. The maximum Gasteiger partial charge on any atom is 0.340 e. The number of ether oxygens (including phenoxy) is 2. The highest BCUT2D eigenvalue weighted by molar-refractivity contribution is 6.31. The molecule has 3 N–H and O–H groups in total. The minimum atomic E-state index is -0.643. The molecule has 9 nitrogen and oxygen atoms in total. The van der Waals surface area contributed by atoms with Gasteiger partial charge in [0.25, 0.3) is 0 Å². The molecular weight excluding hydrogens is 424 g/mol. The van der Waals surface area contributed by atoms with Crippen LogP contribution in [0.1, 0.15) is 10.4 Å². The number of amides is 2. The van der Waals surface area contributed by atoms with Crippen molar-refractivity contribution in [1.82, 2.24) is 10.2 Å². The zero-order chi connectivity index (χ0) is 22.2. The Bertz CT molecular complexity index is 1090. The van der Waals surface area contributed by atoms with Crippen molar-refractivity contribution in [2.45, 2.75) is 0 Å². The van der Waals surface area contributed by atoms with E-state index >= 15 is 0 Å². The van der Waals surface area contributed by atoms with Crippen LogP contribution in [0.25, 0.3) is 11.1 Å². The first-order chi connectivity index (χ1) is 15.0. The molecule has 1 aromatic heterocycles. The number of esters is 1. The van der Waals surface area contributed by atoms with Crippen LogP contribution in [0.5, 0.6) is 0 Å². The minimum absolute atomic E-state index is 0.110. The van der Waals surface area contributed by atoms with Crippen LogP contribution < -0.4 is 10.6 Å². The SMILES string of the molecule is COC(=O)c1cc(Cl)ccc1NC(=O)COCC(=O)Nc1cccc(-c2cn[nH]c2)c1. The van der Waals surface area contributed by atoms with Gasteiger partial charge in [0.2, 0.25) is 11.8 Å². The summed E-state index contributed by atoms with van der Waals surface area (Å²) in [5, 5.41) is 12.2. The minimum Gasteiger partial charge on any atom is -0.465 e. The molecule has 0 fully saturated rings. The molecule has 3 aromatic rings. The van der Waals surface area contributed by atoms with Crippen molar-refractivity contribution in [2.24, 2.45) is 0 Å². The van der Waals surface area contributed by atoms with Crippen LogP contribution in [0.2, 0.25) is 5.02 Å². The topological polar surface area (TPSA) is 122 Å². The highest BCUT2D eigenvalue weighted by atomic mass is 35.5. The van der Waals surface area contributed by atoms with Gasteiger partial charge in [0, 0.05) is 22.5 Å². The third-order valence-electron chi connectivity index (χ3n) is 4.11. The Kier molecular flexibility index (Phi) is 7.36. The molecule has 160 valence electrons. The Labute approximate surface area is 182 Å². The van der Waals surface area contributed by atoms with Gasteiger partial charge in [-0.25, -0.2) is 4.79 Å². The highest BCUT2D eigenvalue weighted by Gasteiger charge is 2.15.